The number of hydrogen-bond acceptors (Lipinski definition) is 4. The zero-order valence-electron chi connectivity index (χ0n) is 16.8. The molecule has 0 amide bonds. The number of rotatable bonds is 6. The monoisotopic (exact) mass is 385 g/mol. The summed E-state index contributed by atoms with van der Waals surface area (Å²) in [5.41, 5.74) is 6.96. The smallest absolute Gasteiger partial charge is 0.0703 e. The third-order valence-electron chi connectivity index (χ3n) is 5.67. The van der Waals surface area contributed by atoms with Crippen LogP contribution in [0.4, 0.5) is 17.1 Å². The Morgan fingerprint density at radius 2 is 2.00 bits per heavy atom. The fourth-order valence-electron chi connectivity index (χ4n) is 3.99. The Kier molecular flexibility index (Phi) is 5.92. The highest BCUT2D eigenvalue weighted by molar-refractivity contribution is 5.64. The molecule has 1 atom stereocenters. The van der Waals surface area contributed by atoms with Crippen LogP contribution >= 0.6 is 0 Å². The second kappa shape index (κ2) is 8.93. The second-order valence-electron chi connectivity index (χ2n) is 7.47. The summed E-state index contributed by atoms with van der Waals surface area (Å²) in [6.07, 6.45) is 11.1. The molecular formula is C25H27N3O. The van der Waals surface area contributed by atoms with E-state index in [9.17, 15) is 5.11 Å². The molecule has 148 valence electrons. The van der Waals surface area contributed by atoms with Crippen molar-refractivity contribution < 1.29 is 5.11 Å². The van der Waals surface area contributed by atoms with Gasteiger partial charge in [-0.3, -0.25) is 4.98 Å². The topological polar surface area (TPSA) is 48.4 Å². The van der Waals surface area contributed by atoms with Crippen molar-refractivity contribution in [3.63, 3.8) is 0 Å². The van der Waals surface area contributed by atoms with Crippen molar-refractivity contribution in [1.29, 1.82) is 0 Å². The van der Waals surface area contributed by atoms with Crippen LogP contribution < -0.4 is 10.2 Å². The van der Waals surface area contributed by atoms with Gasteiger partial charge in [0.2, 0.25) is 0 Å². The first-order valence-corrected chi connectivity index (χ1v) is 10.1. The normalized spacial score (nSPS) is 15.9. The van der Waals surface area contributed by atoms with Crippen molar-refractivity contribution in [1.82, 2.24) is 4.98 Å². The van der Waals surface area contributed by atoms with Gasteiger partial charge in [0.15, 0.2) is 0 Å². The van der Waals surface area contributed by atoms with Crippen LogP contribution in [0.1, 0.15) is 35.4 Å². The highest BCUT2D eigenvalue weighted by Gasteiger charge is 2.19. The van der Waals surface area contributed by atoms with E-state index in [1.165, 1.54) is 28.9 Å². The van der Waals surface area contributed by atoms with Crippen molar-refractivity contribution in [3.8, 4) is 0 Å². The van der Waals surface area contributed by atoms with Crippen molar-refractivity contribution in [3.05, 3.63) is 96.0 Å². The largest absolute Gasteiger partial charge is 0.392 e. The number of fused-ring (bicyclic) bond motifs is 1. The van der Waals surface area contributed by atoms with E-state index in [1.807, 2.05) is 18.3 Å². The van der Waals surface area contributed by atoms with E-state index in [1.54, 1.807) is 12.4 Å². The van der Waals surface area contributed by atoms with Crippen LogP contribution in [-0.4, -0.2) is 17.1 Å². The number of allylic oxidation sites excluding steroid dienone is 1. The molecule has 4 nitrogen and oxygen atoms in total. The van der Waals surface area contributed by atoms with E-state index < -0.39 is 0 Å². The predicted octanol–water partition coefficient (Wildman–Crippen LogP) is 5.39. The molecule has 1 heterocycles. The summed E-state index contributed by atoms with van der Waals surface area (Å²) in [6, 6.07) is 19.1. The standard InChI is InChI=1S/C25H27N3O/c1-28(22-8-3-2-4-9-22)23-10-11-24-19(6-5-7-20(24)16-23)13-15-27-25-17-26-14-12-21(25)18-29/h2-4,8-17,19,27,29H,5-7,18H2,1H3/b15-13+. The summed E-state index contributed by atoms with van der Waals surface area (Å²) in [6.45, 7) is 0.00264. The number of nitrogens with one attached hydrogen (secondary N) is 1. The molecule has 3 aromatic rings. The summed E-state index contributed by atoms with van der Waals surface area (Å²) >= 11 is 0. The SMILES string of the molecule is CN(c1ccccc1)c1ccc2c(c1)CCCC2/C=C/Nc1cnccc1CO. The Labute approximate surface area is 172 Å². The molecule has 2 aromatic carbocycles. The number of anilines is 3. The molecule has 0 bridgehead atoms. The van der Waals surface area contributed by atoms with Crippen LogP contribution in [0.5, 0.6) is 0 Å². The van der Waals surface area contributed by atoms with Gasteiger partial charge in [-0.05, 0) is 66.9 Å². The third-order valence-corrected chi connectivity index (χ3v) is 5.67. The number of nitrogens with zero attached hydrogens (tertiary/aromatic N) is 2. The lowest BCUT2D eigenvalue weighted by atomic mass is 9.82. The third kappa shape index (κ3) is 4.33. The maximum Gasteiger partial charge on any atom is 0.0703 e. The highest BCUT2D eigenvalue weighted by atomic mass is 16.3. The molecule has 0 fully saturated rings. The lowest BCUT2D eigenvalue weighted by Crippen LogP contribution is -2.13. The number of benzene rings is 2. The first-order valence-electron chi connectivity index (χ1n) is 10.1. The summed E-state index contributed by atoms with van der Waals surface area (Å²) in [5.74, 6) is 0.400. The van der Waals surface area contributed by atoms with Crippen LogP contribution in [0.25, 0.3) is 0 Å². The molecule has 4 heteroatoms. The number of hydrogen-bond donors (Lipinski definition) is 2. The molecule has 4 rings (SSSR count). The minimum atomic E-state index is 0.00264. The van der Waals surface area contributed by atoms with Gasteiger partial charge in [-0.15, -0.1) is 0 Å². The van der Waals surface area contributed by atoms with E-state index >= 15 is 0 Å². The summed E-state index contributed by atoms with van der Waals surface area (Å²) in [4.78, 5) is 6.37. The average Bonchev–Trinajstić information content (AvgIpc) is 2.79. The van der Waals surface area contributed by atoms with Gasteiger partial charge < -0.3 is 15.3 Å². The van der Waals surface area contributed by atoms with Crippen molar-refractivity contribution in [2.24, 2.45) is 0 Å². The predicted molar refractivity (Wildman–Crippen MR) is 120 cm³/mol. The van der Waals surface area contributed by atoms with Gasteiger partial charge in [-0.1, -0.05) is 30.3 Å². The fourth-order valence-corrected chi connectivity index (χ4v) is 3.99. The fraction of sp³-hybridized carbons (Fsp3) is 0.240. The zero-order valence-corrected chi connectivity index (χ0v) is 16.8. The Bertz CT molecular complexity index is 984. The molecule has 0 spiro atoms. The highest BCUT2D eigenvalue weighted by Crippen LogP contribution is 2.36. The summed E-state index contributed by atoms with van der Waals surface area (Å²) in [5, 5.41) is 12.7. The number of para-hydroxylation sites is 1. The van der Waals surface area contributed by atoms with E-state index in [4.69, 9.17) is 0 Å². The average molecular weight is 386 g/mol. The van der Waals surface area contributed by atoms with Gasteiger partial charge >= 0.3 is 0 Å². The van der Waals surface area contributed by atoms with E-state index in [0.29, 0.717) is 5.92 Å². The van der Waals surface area contributed by atoms with Crippen molar-refractivity contribution in [2.45, 2.75) is 31.8 Å². The molecule has 1 aliphatic carbocycles. The van der Waals surface area contributed by atoms with Crippen LogP contribution in [0.15, 0.2) is 79.3 Å². The Morgan fingerprint density at radius 1 is 1.14 bits per heavy atom. The zero-order chi connectivity index (χ0) is 20.1. The molecule has 1 aliphatic rings. The molecule has 0 aliphatic heterocycles. The molecular weight excluding hydrogens is 358 g/mol. The Balaban J connectivity index is 1.51. The molecule has 0 saturated heterocycles. The Hall–Kier alpha value is -3.11. The van der Waals surface area contributed by atoms with Crippen LogP contribution in [-0.2, 0) is 13.0 Å². The van der Waals surface area contributed by atoms with Gasteiger partial charge in [-0.25, -0.2) is 0 Å². The lowest BCUT2D eigenvalue weighted by molar-refractivity contribution is 0.282. The van der Waals surface area contributed by atoms with E-state index in [-0.39, 0.29) is 6.61 Å². The molecule has 29 heavy (non-hydrogen) atoms. The maximum atomic E-state index is 9.45. The molecule has 0 saturated carbocycles. The number of aliphatic hydroxyl groups excluding tert-OH is 1. The molecule has 2 N–H and O–H groups in total. The molecule has 1 aromatic heterocycles. The van der Waals surface area contributed by atoms with Crippen LogP contribution in [0.2, 0.25) is 0 Å². The van der Waals surface area contributed by atoms with Gasteiger partial charge in [-0.2, -0.15) is 0 Å². The van der Waals surface area contributed by atoms with E-state index in [2.05, 4.69) is 70.8 Å². The summed E-state index contributed by atoms with van der Waals surface area (Å²) in [7, 11) is 2.12. The lowest BCUT2D eigenvalue weighted by Gasteiger charge is -2.26. The molecule has 0 radical (unpaired) electrons. The molecule has 1 unspecified atom stereocenters. The number of pyridine rings is 1. The first-order chi connectivity index (χ1) is 14.3. The minimum absolute atomic E-state index is 0.00264. The van der Waals surface area contributed by atoms with Gasteiger partial charge in [0.1, 0.15) is 0 Å². The van der Waals surface area contributed by atoms with Gasteiger partial charge in [0, 0.05) is 36.1 Å². The van der Waals surface area contributed by atoms with Crippen molar-refractivity contribution >= 4 is 17.1 Å². The maximum absolute atomic E-state index is 9.45. The minimum Gasteiger partial charge on any atom is -0.392 e. The quantitative estimate of drug-likeness (QED) is 0.597. The van der Waals surface area contributed by atoms with Crippen LogP contribution in [0.3, 0.4) is 0 Å². The van der Waals surface area contributed by atoms with Crippen LogP contribution in [0, 0.1) is 0 Å². The first kappa shape index (κ1) is 19.2. The van der Waals surface area contributed by atoms with E-state index in [0.717, 1.165) is 24.1 Å². The second-order valence-corrected chi connectivity index (χ2v) is 7.47. The number of aliphatic hydroxyl groups is 1. The number of aromatic nitrogens is 1. The van der Waals surface area contributed by atoms with Gasteiger partial charge in [0.05, 0.1) is 18.5 Å². The summed E-state index contributed by atoms with van der Waals surface area (Å²) < 4.78 is 0. The number of aryl methyl sites for hydroxylation is 1. The van der Waals surface area contributed by atoms with Gasteiger partial charge in [0.25, 0.3) is 0 Å². The van der Waals surface area contributed by atoms with Crippen molar-refractivity contribution in [2.75, 3.05) is 17.3 Å². The Morgan fingerprint density at radius 3 is 2.83 bits per heavy atom.